The van der Waals surface area contributed by atoms with Gasteiger partial charge in [0.25, 0.3) is 0 Å². The third kappa shape index (κ3) is 6.30. The molecule has 2 heterocycles. The van der Waals surface area contributed by atoms with Crippen LogP contribution >= 0.6 is 0 Å². The molecule has 2 atom stereocenters. The molecule has 1 aliphatic heterocycles. The number of hydrogen-bond donors (Lipinski definition) is 2. The molecule has 0 unspecified atom stereocenters. The quantitative estimate of drug-likeness (QED) is 0.335. The first-order valence-electron chi connectivity index (χ1n) is 13.0. The van der Waals surface area contributed by atoms with Crippen molar-refractivity contribution in [3.05, 3.63) is 77.0 Å². The van der Waals surface area contributed by atoms with Crippen LogP contribution in [0.15, 0.2) is 48.7 Å². The standard InChI is InChI=1S/C29H27F8N3O3/c1-27(2,15-8-16(28(32,33)34)10-17(9-15)29(35,36)37)26(43)39(3)22-13-38-25(40-7-6-24(42)23(40)14-41)12-20(22)19-11-18(30)4-5-21(19)31/h4-5,8-13,23-24,41-42H,6-7,14H2,1-3H3/t23-,24+/m1/s1. The maximum atomic E-state index is 15.0. The predicted octanol–water partition coefficient (Wildman–Crippen LogP) is 5.94. The Morgan fingerprint density at radius 2 is 1.53 bits per heavy atom. The minimum absolute atomic E-state index is 0.0455. The molecule has 232 valence electrons. The summed E-state index contributed by atoms with van der Waals surface area (Å²) in [7, 11) is 1.18. The lowest BCUT2D eigenvalue weighted by molar-refractivity contribution is -0.143. The molecular weight excluding hydrogens is 590 g/mol. The van der Waals surface area contributed by atoms with Gasteiger partial charge in [-0.1, -0.05) is 0 Å². The number of halogens is 8. The van der Waals surface area contributed by atoms with Crippen molar-refractivity contribution in [3.63, 3.8) is 0 Å². The first-order chi connectivity index (χ1) is 19.9. The van der Waals surface area contributed by atoms with E-state index < -0.39 is 70.8 Å². The number of carbonyl (C=O) groups is 1. The summed E-state index contributed by atoms with van der Waals surface area (Å²) in [5.41, 5.74) is -6.27. The molecule has 0 aliphatic carbocycles. The summed E-state index contributed by atoms with van der Waals surface area (Å²) in [6.07, 6.45) is -9.78. The molecule has 4 rings (SSSR count). The molecule has 2 aromatic carbocycles. The van der Waals surface area contributed by atoms with Crippen LogP contribution in [-0.4, -0.2) is 53.4 Å². The molecule has 1 aromatic heterocycles. The second-order valence-corrected chi connectivity index (χ2v) is 10.8. The third-order valence-electron chi connectivity index (χ3n) is 7.59. The van der Waals surface area contributed by atoms with Crippen molar-refractivity contribution < 1.29 is 50.1 Å². The van der Waals surface area contributed by atoms with Gasteiger partial charge in [-0.05, 0) is 68.3 Å². The molecule has 0 spiro atoms. The Kier molecular flexibility index (Phi) is 8.50. The van der Waals surface area contributed by atoms with Crippen LogP contribution in [0.2, 0.25) is 0 Å². The highest BCUT2D eigenvalue weighted by Crippen LogP contribution is 2.41. The van der Waals surface area contributed by atoms with E-state index in [9.17, 15) is 45.7 Å². The number of anilines is 2. The second-order valence-electron chi connectivity index (χ2n) is 10.8. The highest BCUT2D eigenvalue weighted by molar-refractivity contribution is 6.03. The number of aromatic nitrogens is 1. The topological polar surface area (TPSA) is 76.9 Å². The summed E-state index contributed by atoms with van der Waals surface area (Å²) >= 11 is 0. The first kappa shape index (κ1) is 32.1. The molecule has 1 fully saturated rings. The number of carbonyl (C=O) groups excluding carboxylic acids is 1. The number of alkyl halides is 6. The average Bonchev–Trinajstić information content (AvgIpc) is 3.32. The fourth-order valence-corrected chi connectivity index (χ4v) is 5.09. The minimum atomic E-state index is -5.14. The van der Waals surface area contributed by atoms with Gasteiger partial charge >= 0.3 is 12.4 Å². The number of benzene rings is 2. The first-order valence-corrected chi connectivity index (χ1v) is 13.0. The fraction of sp³-hybridized carbons (Fsp3) is 0.379. The number of nitrogens with zero attached hydrogens (tertiary/aromatic N) is 3. The lowest BCUT2D eigenvalue weighted by Gasteiger charge is -2.32. The van der Waals surface area contributed by atoms with Crippen LogP contribution in [0.25, 0.3) is 11.1 Å². The van der Waals surface area contributed by atoms with Gasteiger partial charge in [-0.2, -0.15) is 26.3 Å². The number of rotatable bonds is 6. The zero-order valence-electron chi connectivity index (χ0n) is 23.1. The van der Waals surface area contributed by atoms with Gasteiger partial charge in [-0.3, -0.25) is 4.79 Å². The molecule has 0 saturated carbocycles. The van der Waals surface area contributed by atoms with E-state index in [4.69, 9.17) is 0 Å². The normalized spacial score (nSPS) is 17.8. The third-order valence-corrected chi connectivity index (χ3v) is 7.59. The van der Waals surface area contributed by atoms with Crippen LogP contribution in [0.1, 0.15) is 37.0 Å². The maximum Gasteiger partial charge on any atom is 0.416 e. The SMILES string of the molecule is CN(C(=O)C(C)(C)c1cc(C(F)(F)F)cc(C(F)(F)F)c1)c1cnc(N2CC[C@H](O)[C@H]2CO)cc1-c1cc(F)ccc1F. The van der Waals surface area contributed by atoms with Crippen molar-refractivity contribution in [1.82, 2.24) is 4.98 Å². The summed E-state index contributed by atoms with van der Waals surface area (Å²) < 4.78 is 110. The van der Waals surface area contributed by atoms with E-state index in [-0.39, 0.29) is 41.7 Å². The zero-order valence-corrected chi connectivity index (χ0v) is 23.1. The lowest BCUT2D eigenvalue weighted by atomic mass is 9.81. The van der Waals surface area contributed by atoms with Crippen molar-refractivity contribution >= 4 is 17.4 Å². The summed E-state index contributed by atoms with van der Waals surface area (Å²) in [6, 6.07) is 3.98. The van der Waals surface area contributed by atoms with Crippen LogP contribution in [0.4, 0.5) is 46.6 Å². The number of aliphatic hydroxyl groups excluding tert-OH is 2. The maximum absolute atomic E-state index is 15.0. The largest absolute Gasteiger partial charge is 0.416 e. The molecule has 0 bridgehead atoms. The monoisotopic (exact) mass is 617 g/mol. The summed E-state index contributed by atoms with van der Waals surface area (Å²) in [5.74, 6) is -2.56. The number of pyridine rings is 1. The van der Waals surface area contributed by atoms with Gasteiger partial charge in [0.05, 0.1) is 47.2 Å². The van der Waals surface area contributed by atoms with Crippen molar-refractivity contribution in [2.24, 2.45) is 0 Å². The second kappa shape index (κ2) is 11.4. The van der Waals surface area contributed by atoms with Crippen molar-refractivity contribution in [1.29, 1.82) is 0 Å². The van der Waals surface area contributed by atoms with Crippen molar-refractivity contribution in [2.75, 3.05) is 30.0 Å². The van der Waals surface area contributed by atoms with Gasteiger partial charge in [0.15, 0.2) is 0 Å². The van der Waals surface area contributed by atoms with E-state index in [0.717, 1.165) is 43.1 Å². The molecule has 6 nitrogen and oxygen atoms in total. The Balaban J connectivity index is 1.84. The Bertz CT molecular complexity index is 1490. The fourth-order valence-electron chi connectivity index (χ4n) is 5.09. The van der Waals surface area contributed by atoms with E-state index in [1.807, 2.05) is 0 Å². The summed E-state index contributed by atoms with van der Waals surface area (Å²) in [4.78, 5) is 20.5. The molecule has 43 heavy (non-hydrogen) atoms. The van der Waals surface area contributed by atoms with E-state index in [1.165, 1.54) is 13.1 Å². The molecule has 14 heteroatoms. The van der Waals surface area contributed by atoms with Crippen LogP contribution in [0.3, 0.4) is 0 Å². The molecule has 2 N–H and O–H groups in total. The minimum Gasteiger partial charge on any atom is -0.394 e. The number of aliphatic hydroxyl groups is 2. The van der Waals surface area contributed by atoms with Crippen LogP contribution in [0, 0.1) is 11.6 Å². The van der Waals surface area contributed by atoms with Crippen LogP contribution in [0.5, 0.6) is 0 Å². The van der Waals surface area contributed by atoms with Gasteiger partial charge in [0.1, 0.15) is 17.5 Å². The Labute approximate surface area is 241 Å². The van der Waals surface area contributed by atoms with Gasteiger partial charge in [0.2, 0.25) is 5.91 Å². The van der Waals surface area contributed by atoms with Gasteiger partial charge < -0.3 is 20.0 Å². The van der Waals surface area contributed by atoms with Crippen molar-refractivity contribution in [2.45, 2.75) is 50.2 Å². The number of likely N-dealkylation sites (N-methyl/N-ethyl adjacent to an activating group) is 1. The molecule has 0 radical (unpaired) electrons. The Hall–Kier alpha value is -3.78. The number of amides is 1. The summed E-state index contributed by atoms with van der Waals surface area (Å²) in [6.45, 7) is 2.09. The molecule has 1 saturated heterocycles. The van der Waals surface area contributed by atoms with E-state index >= 15 is 4.39 Å². The average molecular weight is 618 g/mol. The van der Waals surface area contributed by atoms with Crippen LogP contribution < -0.4 is 9.80 Å². The Morgan fingerprint density at radius 1 is 0.953 bits per heavy atom. The lowest BCUT2D eigenvalue weighted by Crippen LogP contribution is -2.42. The van der Waals surface area contributed by atoms with Gasteiger partial charge in [-0.15, -0.1) is 0 Å². The molecule has 1 amide bonds. The zero-order chi connectivity index (χ0) is 32.1. The van der Waals surface area contributed by atoms with E-state index in [1.54, 1.807) is 4.90 Å². The van der Waals surface area contributed by atoms with Crippen molar-refractivity contribution in [3.8, 4) is 11.1 Å². The molecule has 3 aromatic rings. The highest BCUT2D eigenvalue weighted by Gasteiger charge is 2.41. The molecular formula is C29H27F8N3O3. The van der Waals surface area contributed by atoms with E-state index in [2.05, 4.69) is 4.98 Å². The highest BCUT2D eigenvalue weighted by atomic mass is 19.4. The Morgan fingerprint density at radius 3 is 2.09 bits per heavy atom. The van der Waals surface area contributed by atoms with Crippen LogP contribution in [-0.2, 0) is 22.6 Å². The van der Waals surface area contributed by atoms with E-state index in [0.29, 0.717) is 12.1 Å². The summed E-state index contributed by atoms with van der Waals surface area (Å²) in [5, 5.41) is 20.0. The van der Waals surface area contributed by atoms with Gasteiger partial charge in [-0.25, -0.2) is 13.8 Å². The smallest absolute Gasteiger partial charge is 0.394 e. The van der Waals surface area contributed by atoms with Gasteiger partial charge in [0, 0.05) is 24.7 Å². The predicted molar refractivity (Wildman–Crippen MR) is 141 cm³/mol. The molecule has 1 aliphatic rings. The number of hydrogen-bond acceptors (Lipinski definition) is 5.